The molecule has 0 aromatic carbocycles. The minimum Gasteiger partial charge on any atom is -0.356 e. The largest absolute Gasteiger partial charge is 0.356 e. The summed E-state index contributed by atoms with van der Waals surface area (Å²) in [5.41, 5.74) is 0.956. The molecule has 4 heteroatoms. The lowest BCUT2D eigenvalue weighted by Gasteiger charge is -2.26. The van der Waals surface area contributed by atoms with Crippen LogP contribution < -0.4 is 0 Å². The highest BCUT2D eigenvalue weighted by atomic mass is 79.9. The molecule has 1 saturated heterocycles. The lowest BCUT2D eigenvalue weighted by molar-refractivity contribution is 0.0771. The fourth-order valence-electron chi connectivity index (χ4n) is 2.31. The van der Waals surface area contributed by atoms with E-state index in [-0.39, 0.29) is 11.3 Å². The molecule has 1 fully saturated rings. The molecule has 0 saturated carbocycles. The molecule has 1 atom stereocenters. The molecule has 2 rings (SSSR count). The van der Waals surface area contributed by atoms with Crippen LogP contribution in [0.4, 0.5) is 0 Å². The van der Waals surface area contributed by atoms with Crippen LogP contribution in [0.2, 0.25) is 0 Å². The van der Waals surface area contributed by atoms with E-state index in [9.17, 15) is 4.79 Å². The van der Waals surface area contributed by atoms with Crippen LogP contribution in [0.25, 0.3) is 0 Å². The number of nitrogens with zero attached hydrogens (tertiary/aromatic N) is 1. The highest BCUT2D eigenvalue weighted by molar-refractivity contribution is 9.10. The number of likely N-dealkylation sites (tertiary alicyclic amines) is 1. The highest BCUT2D eigenvalue weighted by Gasteiger charge is 2.34. The molecule has 0 bridgehead atoms. The molecule has 0 radical (unpaired) electrons. The van der Waals surface area contributed by atoms with Crippen LogP contribution in [0, 0.1) is 11.3 Å². The number of halogens is 1. The Bertz CT molecular complexity index is 419. The number of carbonyl (C=O) groups is 1. The number of aromatic nitrogens is 1. The molecule has 1 amide bonds. The molecule has 1 aromatic rings. The Morgan fingerprint density at radius 3 is 2.71 bits per heavy atom. The monoisotopic (exact) mass is 298 g/mol. The van der Waals surface area contributed by atoms with Crippen LogP contribution >= 0.6 is 15.9 Å². The summed E-state index contributed by atoms with van der Waals surface area (Å²) in [5.74, 6) is 0.715. The van der Waals surface area contributed by atoms with Gasteiger partial charge in [0.1, 0.15) is 5.69 Å². The summed E-state index contributed by atoms with van der Waals surface area (Å²) < 4.78 is 0.924. The van der Waals surface area contributed by atoms with Crippen LogP contribution in [0.1, 0.15) is 37.7 Å². The van der Waals surface area contributed by atoms with Crippen molar-refractivity contribution in [1.82, 2.24) is 9.88 Å². The predicted molar refractivity (Wildman–Crippen MR) is 72.0 cm³/mol. The molecule has 2 heterocycles. The number of nitrogens with one attached hydrogen (secondary N) is 1. The lowest BCUT2D eigenvalue weighted by atomic mass is 9.80. The molecule has 1 unspecified atom stereocenters. The van der Waals surface area contributed by atoms with E-state index in [1.54, 1.807) is 6.20 Å². The van der Waals surface area contributed by atoms with Gasteiger partial charge in [0.25, 0.3) is 5.91 Å². The molecular weight excluding hydrogens is 280 g/mol. The summed E-state index contributed by atoms with van der Waals surface area (Å²) in [4.78, 5) is 17.2. The molecule has 1 aromatic heterocycles. The summed E-state index contributed by atoms with van der Waals surface area (Å²) in [6.07, 6.45) is 2.90. The van der Waals surface area contributed by atoms with E-state index in [2.05, 4.69) is 41.7 Å². The molecule has 0 spiro atoms. The smallest absolute Gasteiger partial charge is 0.270 e. The van der Waals surface area contributed by atoms with Crippen LogP contribution in [0.15, 0.2) is 16.7 Å². The van der Waals surface area contributed by atoms with Crippen molar-refractivity contribution in [1.29, 1.82) is 0 Å². The first kappa shape index (κ1) is 12.7. The summed E-state index contributed by atoms with van der Waals surface area (Å²) in [5, 5.41) is 0. The van der Waals surface area contributed by atoms with Crippen LogP contribution in [-0.4, -0.2) is 28.9 Å². The van der Waals surface area contributed by atoms with Gasteiger partial charge in [-0.1, -0.05) is 20.8 Å². The number of hydrogen-bond acceptors (Lipinski definition) is 1. The first-order chi connectivity index (χ1) is 7.88. The average molecular weight is 299 g/mol. The lowest BCUT2D eigenvalue weighted by Crippen LogP contribution is -2.31. The van der Waals surface area contributed by atoms with Crippen molar-refractivity contribution >= 4 is 21.8 Å². The quantitative estimate of drug-likeness (QED) is 0.848. The van der Waals surface area contributed by atoms with Gasteiger partial charge in [-0.2, -0.15) is 0 Å². The van der Waals surface area contributed by atoms with Crippen molar-refractivity contribution in [2.75, 3.05) is 13.1 Å². The fourth-order valence-corrected chi connectivity index (χ4v) is 2.66. The second-order valence-corrected chi connectivity index (χ2v) is 6.75. The van der Waals surface area contributed by atoms with Gasteiger partial charge in [-0.15, -0.1) is 0 Å². The Balaban J connectivity index is 2.04. The summed E-state index contributed by atoms with van der Waals surface area (Å²) in [6, 6.07) is 1.84. The maximum absolute atomic E-state index is 12.2. The zero-order chi connectivity index (χ0) is 12.6. The Kier molecular flexibility index (Phi) is 3.34. The van der Waals surface area contributed by atoms with Gasteiger partial charge in [0.05, 0.1) is 0 Å². The number of rotatable bonds is 1. The van der Waals surface area contributed by atoms with Crippen LogP contribution in [0.3, 0.4) is 0 Å². The molecule has 94 valence electrons. The molecule has 17 heavy (non-hydrogen) atoms. The molecule has 1 aliphatic heterocycles. The van der Waals surface area contributed by atoms with Crippen molar-refractivity contribution in [2.45, 2.75) is 27.2 Å². The van der Waals surface area contributed by atoms with E-state index in [1.165, 1.54) is 0 Å². The van der Waals surface area contributed by atoms with E-state index in [4.69, 9.17) is 0 Å². The summed E-state index contributed by atoms with van der Waals surface area (Å²) in [6.45, 7) is 8.49. The van der Waals surface area contributed by atoms with Gasteiger partial charge in [0.15, 0.2) is 0 Å². The molecular formula is C13H19BrN2O. The van der Waals surface area contributed by atoms with Crippen molar-refractivity contribution in [3.05, 3.63) is 22.4 Å². The van der Waals surface area contributed by atoms with Crippen molar-refractivity contribution in [3.63, 3.8) is 0 Å². The van der Waals surface area contributed by atoms with Crippen LogP contribution in [0.5, 0.6) is 0 Å². The zero-order valence-electron chi connectivity index (χ0n) is 10.6. The Morgan fingerprint density at radius 1 is 1.53 bits per heavy atom. The number of carbonyl (C=O) groups excluding carboxylic acids is 1. The van der Waals surface area contributed by atoms with Gasteiger partial charge in [-0.25, -0.2) is 0 Å². The Morgan fingerprint density at radius 2 is 2.24 bits per heavy atom. The van der Waals surface area contributed by atoms with E-state index < -0.39 is 0 Å². The normalized spacial score (nSPS) is 20.9. The maximum atomic E-state index is 12.2. The van der Waals surface area contributed by atoms with Gasteiger partial charge < -0.3 is 9.88 Å². The average Bonchev–Trinajstić information content (AvgIpc) is 2.83. The summed E-state index contributed by atoms with van der Waals surface area (Å²) >= 11 is 3.35. The second kappa shape index (κ2) is 4.48. The van der Waals surface area contributed by atoms with E-state index in [0.717, 1.165) is 24.0 Å². The maximum Gasteiger partial charge on any atom is 0.270 e. The fraction of sp³-hybridized carbons (Fsp3) is 0.615. The van der Waals surface area contributed by atoms with Gasteiger partial charge in [0.2, 0.25) is 0 Å². The van der Waals surface area contributed by atoms with Crippen LogP contribution in [-0.2, 0) is 0 Å². The minimum absolute atomic E-state index is 0.113. The van der Waals surface area contributed by atoms with Gasteiger partial charge >= 0.3 is 0 Å². The molecule has 1 N–H and O–H groups in total. The number of hydrogen-bond donors (Lipinski definition) is 1. The Hall–Kier alpha value is -0.770. The molecule has 1 aliphatic rings. The van der Waals surface area contributed by atoms with Crippen molar-refractivity contribution in [2.24, 2.45) is 11.3 Å². The topological polar surface area (TPSA) is 36.1 Å². The third-order valence-corrected chi connectivity index (χ3v) is 4.04. The predicted octanol–water partition coefficient (Wildman–Crippen LogP) is 3.29. The number of amides is 1. The van der Waals surface area contributed by atoms with Crippen molar-refractivity contribution in [3.8, 4) is 0 Å². The summed E-state index contributed by atoms with van der Waals surface area (Å²) in [7, 11) is 0. The third-order valence-electron chi connectivity index (χ3n) is 3.58. The van der Waals surface area contributed by atoms with Gasteiger partial charge in [-0.3, -0.25) is 4.79 Å². The zero-order valence-corrected chi connectivity index (χ0v) is 12.2. The Labute approximate surface area is 111 Å². The molecule has 3 nitrogen and oxygen atoms in total. The standard InChI is InChI=1S/C13H19BrN2O/c1-13(2,3)9-4-5-16(8-9)12(17)11-6-10(14)7-15-11/h6-7,9,15H,4-5,8H2,1-3H3. The van der Waals surface area contributed by atoms with Gasteiger partial charge in [-0.05, 0) is 39.8 Å². The van der Waals surface area contributed by atoms with Gasteiger partial charge in [0, 0.05) is 23.8 Å². The van der Waals surface area contributed by atoms with E-state index in [0.29, 0.717) is 11.6 Å². The first-order valence-electron chi connectivity index (χ1n) is 6.01. The van der Waals surface area contributed by atoms with E-state index in [1.807, 2.05) is 11.0 Å². The molecule has 0 aliphatic carbocycles. The third kappa shape index (κ3) is 2.73. The number of aromatic amines is 1. The van der Waals surface area contributed by atoms with E-state index >= 15 is 0 Å². The van der Waals surface area contributed by atoms with Crippen molar-refractivity contribution < 1.29 is 4.79 Å². The first-order valence-corrected chi connectivity index (χ1v) is 6.80. The second-order valence-electron chi connectivity index (χ2n) is 5.83. The number of H-pyrrole nitrogens is 1. The minimum atomic E-state index is 0.113. The SMILES string of the molecule is CC(C)(C)C1CCN(C(=O)c2cc(Br)c[nH]2)C1. The highest BCUT2D eigenvalue weighted by Crippen LogP contribution is 2.34.